The lowest BCUT2D eigenvalue weighted by Gasteiger charge is -2.12. The SMILES string of the molecule is Cn1nnc(CC(CCc2ccco2)NN)n1. The van der Waals surface area contributed by atoms with Crippen molar-refractivity contribution in [3.05, 3.63) is 30.0 Å². The van der Waals surface area contributed by atoms with E-state index in [1.165, 1.54) is 4.80 Å². The summed E-state index contributed by atoms with van der Waals surface area (Å²) >= 11 is 0. The molecule has 0 aromatic carbocycles. The molecule has 3 N–H and O–H groups in total. The van der Waals surface area contributed by atoms with E-state index in [4.69, 9.17) is 10.3 Å². The third-order valence-electron chi connectivity index (χ3n) is 2.53. The molecule has 92 valence electrons. The Bertz CT molecular complexity index is 437. The average Bonchev–Trinajstić information content (AvgIpc) is 2.96. The number of aryl methyl sites for hydroxylation is 2. The molecule has 0 fully saturated rings. The maximum absolute atomic E-state index is 5.50. The second kappa shape index (κ2) is 5.55. The van der Waals surface area contributed by atoms with Gasteiger partial charge in [-0.2, -0.15) is 4.80 Å². The van der Waals surface area contributed by atoms with Crippen molar-refractivity contribution >= 4 is 0 Å². The molecule has 0 aliphatic rings. The second-order valence-electron chi connectivity index (χ2n) is 3.88. The highest BCUT2D eigenvalue weighted by Gasteiger charge is 2.12. The van der Waals surface area contributed by atoms with Crippen molar-refractivity contribution < 1.29 is 4.42 Å². The van der Waals surface area contributed by atoms with Crippen LogP contribution in [0.1, 0.15) is 18.0 Å². The van der Waals surface area contributed by atoms with E-state index >= 15 is 0 Å². The van der Waals surface area contributed by atoms with Gasteiger partial charge < -0.3 is 4.42 Å². The van der Waals surface area contributed by atoms with Gasteiger partial charge in [-0.1, -0.05) is 0 Å². The van der Waals surface area contributed by atoms with Crippen LogP contribution in [-0.4, -0.2) is 26.2 Å². The molecule has 0 amide bonds. The highest BCUT2D eigenvalue weighted by molar-refractivity contribution is 4.99. The fourth-order valence-corrected chi connectivity index (χ4v) is 1.64. The molecule has 7 nitrogen and oxygen atoms in total. The number of nitrogens with one attached hydrogen (secondary N) is 1. The van der Waals surface area contributed by atoms with Crippen molar-refractivity contribution in [2.45, 2.75) is 25.3 Å². The summed E-state index contributed by atoms with van der Waals surface area (Å²) in [6.07, 6.45) is 4.03. The van der Waals surface area contributed by atoms with Crippen LogP contribution in [0.4, 0.5) is 0 Å². The predicted molar refractivity (Wildman–Crippen MR) is 60.6 cm³/mol. The first-order chi connectivity index (χ1) is 8.28. The summed E-state index contributed by atoms with van der Waals surface area (Å²) in [6.45, 7) is 0. The van der Waals surface area contributed by atoms with E-state index in [9.17, 15) is 0 Å². The maximum Gasteiger partial charge on any atom is 0.176 e. The van der Waals surface area contributed by atoms with Gasteiger partial charge in [0.1, 0.15) is 5.76 Å². The van der Waals surface area contributed by atoms with Gasteiger partial charge in [0, 0.05) is 18.9 Å². The van der Waals surface area contributed by atoms with Gasteiger partial charge in [-0.3, -0.25) is 11.3 Å². The molecule has 2 aromatic heterocycles. The predicted octanol–water partition coefficient (Wildman–Crippen LogP) is -0.190. The topological polar surface area (TPSA) is 94.8 Å². The van der Waals surface area contributed by atoms with E-state index in [1.807, 2.05) is 12.1 Å². The van der Waals surface area contributed by atoms with Crippen LogP contribution in [0, 0.1) is 0 Å². The third kappa shape index (κ3) is 3.36. The second-order valence-corrected chi connectivity index (χ2v) is 3.88. The van der Waals surface area contributed by atoms with Gasteiger partial charge in [0.2, 0.25) is 0 Å². The number of hydrazine groups is 1. The summed E-state index contributed by atoms with van der Waals surface area (Å²) in [6, 6.07) is 3.95. The van der Waals surface area contributed by atoms with Crippen molar-refractivity contribution in [1.29, 1.82) is 0 Å². The minimum Gasteiger partial charge on any atom is -0.469 e. The van der Waals surface area contributed by atoms with Gasteiger partial charge in [0.05, 0.1) is 13.3 Å². The number of hydrogen-bond donors (Lipinski definition) is 2. The molecule has 0 spiro atoms. The number of tetrazole rings is 1. The molecule has 7 heteroatoms. The molecule has 1 unspecified atom stereocenters. The Morgan fingerprint density at radius 2 is 2.47 bits per heavy atom. The molecule has 0 radical (unpaired) electrons. The molecule has 0 saturated carbocycles. The summed E-state index contributed by atoms with van der Waals surface area (Å²) in [4.78, 5) is 1.44. The Morgan fingerprint density at radius 1 is 1.59 bits per heavy atom. The van der Waals surface area contributed by atoms with E-state index in [0.29, 0.717) is 12.2 Å². The lowest BCUT2D eigenvalue weighted by Crippen LogP contribution is -2.37. The summed E-state index contributed by atoms with van der Waals surface area (Å²) in [5.41, 5.74) is 2.76. The Kier molecular flexibility index (Phi) is 3.84. The highest BCUT2D eigenvalue weighted by Crippen LogP contribution is 2.07. The largest absolute Gasteiger partial charge is 0.469 e. The third-order valence-corrected chi connectivity index (χ3v) is 2.53. The molecule has 0 aliphatic carbocycles. The van der Waals surface area contributed by atoms with Crippen LogP contribution in [0.15, 0.2) is 22.8 Å². The van der Waals surface area contributed by atoms with Crippen LogP contribution in [0.5, 0.6) is 0 Å². The van der Waals surface area contributed by atoms with Crippen molar-refractivity contribution in [3.8, 4) is 0 Å². The molecule has 0 aliphatic heterocycles. The van der Waals surface area contributed by atoms with Gasteiger partial charge in [-0.05, 0) is 23.8 Å². The first-order valence-corrected chi connectivity index (χ1v) is 5.49. The molecule has 17 heavy (non-hydrogen) atoms. The zero-order valence-corrected chi connectivity index (χ0v) is 9.71. The van der Waals surface area contributed by atoms with Gasteiger partial charge in [-0.25, -0.2) is 0 Å². The molecule has 2 heterocycles. The molecule has 2 rings (SSSR count). The van der Waals surface area contributed by atoms with Gasteiger partial charge in [0.25, 0.3) is 0 Å². The Balaban J connectivity index is 1.84. The molecule has 0 bridgehead atoms. The summed E-state index contributed by atoms with van der Waals surface area (Å²) in [5.74, 6) is 7.15. The fraction of sp³-hybridized carbons (Fsp3) is 0.500. The van der Waals surface area contributed by atoms with E-state index in [0.717, 1.165) is 18.6 Å². The van der Waals surface area contributed by atoms with E-state index in [-0.39, 0.29) is 6.04 Å². The zero-order chi connectivity index (χ0) is 12.1. The van der Waals surface area contributed by atoms with Crippen LogP contribution in [0.3, 0.4) is 0 Å². The lowest BCUT2D eigenvalue weighted by atomic mass is 10.1. The molecule has 1 atom stereocenters. The zero-order valence-electron chi connectivity index (χ0n) is 9.71. The highest BCUT2D eigenvalue weighted by atomic mass is 16.3. The summed E-state index contributed by atoms with van der Waals surface area (Å²) in [7, 11) is 1.74. The van der Waals surface area contributed by atoms with Gasteiger partial charge in [0.15, 0.2) is 5.82 Å². The standard InChI is InChI=1S/C10H16N6O/c1-16-14-10(13-15-16)7-8(12-11)4-5-9-3-2-6-17-9/h2-3,6,8,12H,4-5,7,11H2,1H3. The first-order valence-electron chi connectivity index (χ1n) is 5.49. The van der Waals surface area contributed by atoms with Gasteiger partial charge >= 0.3 is 0 Å². The van der Waals surface area contributed by atoms with Crippen LogP contribution in [0.2, 0.25) is 0 Å². The Hall–Kier alpha value is -1.73. The number of furan rings is 1. The summed E-state index contributed by atoms with van der Waals surface area (Å²) < 4.78 is 5.27. The molecule has 2 aromatic rings. The number of nitrogens with zero attached hydrogens (tertiary/aromatic N) is 4. The maximum atomic E-state index is 5.50. The van der Waals surface area contributed by atoms with Crippen molar-refractivity contribution in [1.82, 2.24) is 25.6 Å². The number of rotatable bonds is 6. The van der Waals surface area contributed by atoms with Crippen LogP contribution >= 0.6 is 0 Å². The van der Waals surface area contributed by atoms with Crippen LogP contribution in [-0.2, 0) is 19.9 Å². The first kappa shape index (κ1) is 11.7. The van der Waals surface area contributed by atoms with E-state index in [2.05, 4.69) is 20.8 Å². The number of aromatic nitrogens is 4. The fourth-order valence-electron chi connectivity index (χ4n) is 1.64. The summed E-state index contributed by atoms with van der Waals surface area (Å²) in [5, 5.41) is 11.8. The number of hydrogen-bond acceptors (Lipinski definition) is 6. The van der Waals surface area contributed by atoms with Crippen LogP contribution < -0.4 is 11.3 Å². The number of nitrogens with two attached hydrogens (primary N) is 1. The average molecular weight is 236 g/mol. The van der Waals surface area contributed by atoms with E-state index < -0.39 is 0 Å². The molecule has 0 saturated heterocycles. The molecular formula is C10H16N6O. The van der Waals surface area contributed by atoms with Crippen molar-refractivity contribution in [3.63, 3.8) is 0 Å². The lowest BCUT2D eigenvalue weighted by molar-refractivity contribution is 0.442. The monoisotopic (exact) mass is 236 g/mol. The quantitative estimate of drug-likeness (QED) is 0.533. The van der Waals surface area contributed by atoms with E-state index in [1.54, 1.807) is 13.3 Å². The van der Waals surface area contributed by atoms with Crippen molar-refractivity contribution in [2.24, 2.45) is 12.9 Å². The minimum atomic E-state index is 0.115. The minimum absolute atomic E-state index is 0.115. The normalized spacial score (nSPS) is 12.8. The Morgan fingerprint density at radius 3 is 3.06 bits per heavy atom. The van der Waals surface area contributed by atoms with Crippen LogP contribution in [0.25, 0.3) is 0 Å². The van der Waals surface area contributed by atoms with Crippen molar-refractivity contribution in [2.75, 3.05) is 0 Å². The Labute approximate surface area is 99.0 Å². The molecular weight excluding hydrogens is 220 g/mol. The van der Waals surface area contributed by atoms with Gasteiger partial charge in [-0.15, -0.1) is 10.2 Å². The smallest absolute Gasteiger partial charge is 0.176 e.